The molecule has 1 saturated heterocycles. The van der Waals surface area contributed by atoms with Crippen LogP contribution in [0.1, 0.15) is 5.56 Å². The standard InChI is InChI=1S/C10H8BrF2N/c11-7-2-9(12)8(10(13)3-7)1-6-4-14-5-6/h1-3,14H,4-5H2. The van der Waals surface area contributed by atoms with Gasteiger partial charge in [-0.1, -0.05) is 15.9 Å². The number of benzene rings is 1. The molecule has 1 heterocycles. The van der Waals surface area contributed by atoms with Crippen molar-refractivity contribution in [1.82, 2.24) is 5.32 Å². The van der Waals surface area contributed by atoms with Crippen molar-refractivity contribution in [1.29, 1.82) is 0 Å². The van der Waals surface area contributed by atoms with Gasteiger partial charge in [0, 0.05) is 23.1 Å². The lowest BCUT2D eigenvalue weighted by atomic mass is 10.1. The van der Waals surface area contributed by atoms with E-state index in [0.29, 0.717) is 4.47 Å². The summed E-state index contributed by atoms with van der Waals surface area (Å²) in [5, 5.41) is 3.01. The number of rotatable bonds is 1. The molecule has 74 valence electrons. The molecule has 0 radical (unpaired) electrons. The number of hydrogen-bond acceptors (Lipinski definition) is 1. The molecule has 0 aromatic heterocycles. The van der Waals surface area contributed by atoms with Gasteiger partial charge in [-0.25, -0.2) is 8.78 Å². The molecule has 1 fully saturated rings. The molecule has 1 aromatic rings. The molecule has 1 aliphatic rings. The van der Waals surface area contributed by atoms with Crippen molar-refractivity contribution in [2.75, 3.05) is 13.1 Å². The average molecular weight is 260 g/mol. The summed E-state index contributed by atoms with van der Waals surface area (Å²) in [6, 6.07) is 2.53. The van der Waals surface area contributed by atoms with Crippen molar-refractivity contribution in [3.8, 4) is 0 Å². The van der Waals surface area contributed by atoms with E-state index in [0.717, 1.165) is 18.7 Å². The first kappa shape index (κ1) is 9.80. The molecular weight excluding hydrogens is 252 g/mol. The number of hydrogen-bond donors (Lipinski definition) is 1. The first-order chi connectivity index (χ1) is 6.66. The van der Waals surface area contributed by atoms with Crippen LogP contribution >= 0.6 is 15.9 Å². The van der Waals surface area contributed by atoms with Crippen LogP contribution in [0.4, 0.5) is 8.78 Å². The molecule has 0 atom stereocenters. The normalized spacial score (nSPS) is 15.2. The number of nitrogens with one attached hydrogen (secondary N) is 1. The van der Waals surface area contributed by atoms with Crippen LogP contribution < -0.4 is 5.32 Å². The maximum atomic E-state index is 13.3. The van der Waals surface area contributed by atoms with E-state index in [1.807, 2.05) is 0 Å². The van der Waals surface area contributed by atoms with Crippen LogP contribution in [0, 0.1) is 11.6 Å². The SMILES string of the molecule is Fc1cc(Br)cc(F)c1C=C1CNC1. The maximum absolute atomic E-state index is 13.3. The van der Waals surface area contributed by atoms with E-state index in [9.17, 15) is 8.78 Å². The third-order valence-electron chi connectivity index (χ3n) is 2.10. The Balaban J connectivity index is 2.41. The Morgan fingerprint density at radius 1 is 1.21 bits per heavy atom. The van der Waals surface area contributed by atoms with E-state index >= 15 is 0 Å². The van der Waals surface area contributed by atoms with E-state index in [-0.39, 0.29) is 5.56 Å². The summed E-state index contributed by atoms with van der Waals surface area (Å²) in [5.41, 5.74) is 1.06. The maximum Gasteiger partial charge on any atom is 0.134 e. The van der Waals surface area contributed by atoms with Gasteiger partial charge in [0.15, 0.2) is 0 Å². The van der Waals surface area contributed by atoms with Crippen LogP contribution in [0.15, 0.2) is 22.2 Å². The van der Waals surface area contributed by atoms with Crippen molar-refractivity contribution in [2.24, 2.45) is 0 Å². The second-order valence-corrected chi connectivity index (χ2v) is 4.10. The van der Waals surface area contributed by atoms with Crippen LogP contribution in [-0.4, -0.2) is 13.1 Å². The summed E-state index contributed by atoms with van der Waals surface area (Å²) in [4.78, 5) is 0. The predicted molar refractivity (Wildman–Crippen MR) is 54.9 cm³/mol. The van der Waals surface area contributed by atoms with Crippen LogP contribution in [0.25, 0.3) is 6.08 Å². The Labute approximate surface area is 88.9 Å². The van der Waals surface area contributed by atoms with Crippen molar-refractivity contribution in [3.63, 3.8) is 0 Å². The third kappa shape index (κ3) is 1.86. The molecule has 1 aliphatic heterocycles. The molecule has 1 N–H and O–H groups in total. The van der Waals surface area contributed by atoms with Gasteiger partial charge in [-0.05, 0) is 23.8 Å². The highest BCUT2D eigenvalue weighted by atomic mass is 79.9. The quantitative estimate of drug-likeness (QED) is 0.818. The number of halogens is 3. The van der Waals surface area contributed by atoms with Crippen LogP contribution in [-0.2, 0) is 0 Å². The Kier molecular flexibility index (Phi) is 2.65. The fourth-order valence-corrected chi connectivity index (χ4v) is 1.67. The summed E-state index contributed by atoms with van der Waals surface area (Å²) >= 11 is 3.03. The molecule has 1 aromatic carbocycles. The second kappa shape index (κ2) is 3.79. The van der Waals surface area contributed by atoms with Gasteiger partial charge in [0.1, 0.15) is 11.6 Å². The average Bonchev–Trinajstić information content (AvgIpc) is 1.98. The zero-order valence-corrected chi connectivity index (χ0v) is 8.87. The van der Waals surface area contributed by atoms with E-state index in [2.05, 4.69) is 21.2 Å². The Bertz CT molecular complexity index is 372. The highest BCUT2D eigenvalue weighted by Crippen LogP contribution is 2.22. The zero-order chi connectivity index (χ0) is 10.1. The largest absolute Gasteiger partial charge is 0.309 e. The minimum Gasteiger partial charge on any atom is -0.309 e. The van der Waals surface area contributed by atoms with Crippen molar-refractivity contribution < 1.29 is 8.78 Å². The lowest BCUT2D eigenvalue weighted by molar-refractivity contribution is 0.575. The fraction of sp³-hybridized carbons (Fsp3) is 0.200. The molecule has 2 rings (SSSR count). The zero-order valence-electron chi connectivity index (χ0n) is 7.28. The lowest BCUT2D eigenvalue weighted by Gasteiger charge is -2.18. The smallest absolute Gasteiger partial charge is 0.134 e. The van der Waals surface area contributed by atoms with Crippen LogP contribution in [0.2, 0.25) is 0 Å². The molecule has 4 heteroatoms. The van der Waals surface area contributed by atoms with E-state index in [1.165, 1.54) is 12.1 Å². The Hall–Kier alpha value is -0.740. The van der Waals surface area contributed by atoms with Crippen LogP contribution in [0.3, 0.4) is 0 Å². The van der Waals surface area contributed by atoms with Crippen LogP contribution in [0.5, 0.6) is 0 Å². The minimum atomic E-state index is -0.531. The molecule has 0 amide bonds. The molecule has 0 unspecified atom stereocenters. The van der Waals surface area contributed by atoms with Crippen molar-refractivity contribution >= 4 is 22.0 Å². The molecule has 1 nitrogen and oxygen atoms in total. The van der Waals surface area contributed by atoms with Gasteiger partial charge in [-0.3, -0.25) is 0 Å². The summed E-state index contributed by atoms with van der Waals surface area (Å²) in [7, 11) is 0. The summed E-state index contributed by atoms with van der Waals surface area (Å²) in [5.74, 6) is -1.06. The highest BCUT2D eigenvalue weighted by molar-refractivity contribution is 9.10. The predicted octanol–water partition coefficient (Wildman–Crippen LogP) is 2.71. The molecule has 0 spiro atoms. The highest BCUT2D eigenvalue weighted by Gasteiger charge is 2.12. The van der Waals surface area contributed by atoms with E-state index < -0.39 is 11.6 Å². The van der Waals surface area contributed by atoms with Gasteiger partial charge in [0.2, 0.25) is 0 Å². The topological polar surface area (TPSA) is 12.0 Å². The minimum absolute atomic E-state index is 0.0460. The Morgan fingerprint density at radius 2 is 1.79 bits per heavy atom. The van der Waals surface area contributed by atoms with Gasteiger partial charge < -0.3 is 5.32 Å². The second-order valence-electron chi connectivity index (χ2n) is 3.19. The van der Waals surface area contributed by atoms with Crippen molar-refractivity contribution in [2.45, 2.75) is 0 Å². The van der Waals surface area contributed by atoms with Gasteiger partial charge in [-0.15, -0.1) is 0 Å². The van der Waals surface area contributed by atoms with Gasteiger partial charge >= 0.3 is 0 Å². The van der Waals surface area contributed by atoms with Gasteiger partial charge in [0.05, 0.1) is 0 Å². The first-order valence-electron chi connectivity index (χ1n) is 4.21. The fourth-order valence-electron chi connectivity index (χ4n) is 1.27. The monoisotopic (exact) mass is 259 g/mol. The molecule has 14 heavy (non-hydrogen) atoms. The molecule has 0 aliphatic carbocycles. The summed E-state index contributed by atoms with van der Waals surface area (Å²) < 4.78 is 27.0. The Morgan fingerprint density at radius 3 is 2.21 bits per heavy atom. The third-order valence-corrected chi connectivity index (χ3v) is 2.55. The van der Waals surface area contributed by atoms with E-state index in [1.54, 1.807) is 6.08 Å². The van der Waals surface area contributed by atoms with Gasteiger partial charge in [-0.2, -0.15) is 0 Å². The first-order valence-corrected chi connectivity index (χ1v) is 5.01. The van der Waals surface area contributed by atoms with Gasteiger partial charge in [0.25, 0.3) is 0 Å². The summed E-state index contributed by atoms with van der Waals surface area (Å²) in [6.07, 6.45) is 1.56. The molecule has 0 bridgehead atoms. The van der Waals surface area contributed by atoms with Crippen molar-refractivity contribution in [3.05, 3.63) is 39.4 Å². The molecule has 0 saturated carbocycles. The summed E-state index contributed by atoms with van der Waals surface area (Å²) in [6.45, 7) is 1.43. The molecular formula is C10H8BrF2N. The lowest BCUT2D eigenvalue weighted by Crippen LogP contribution is -2.33. The van der Waals surface area contributed by atoms with E-state index in [4.69, 9.17) is 0 Å².